The molecule has 0 atom stereocenters. The first kappa shape index (κ1) is 14.2. The van der Waals surface area contributed by atoms with Crippen molar-refractivity contribution in [3.63, 3.8) is 0 Å². The smallest absolute Gasteiger partial charge is 0.333 e. The Morgan fingerprint density at radius 1 is 1.13 bits per heavy atom. The average Bonchev–Trinajstić information content (AvgIpc) is 2.23. The fourth-order valence-electron chi connectivity index (χ4n) is 1.44. The Morgan fingerprint density at radius 2 is 1.87 bits per heavy atom. The maximum absolute atomic E-state index is 11.4. The number of rotatable bonds is 8. The third-order valence-electron chi connectivity index (χ3n) is 2.37. The number of esters is 1. The number of hydrogen-bond donors (Lipinski definition) is 0. The highest BCUT2D eigenvalue weighted by molar-refractivity contribution is 5.88. The summed E-state index contributed by atoms with van der Waals surface area (Å²) in [6.07, 6.45) is 8.78. The lowest BCUT2D eigenvalue weighted by molar-refractivity contribution is -0.138. The molecule has 0 unspecified atom stereocenters. The van der Waals surface area contributed by atoms with Crippen molar-refractivity contribution < 1.29 is 9.53 Å². The minimum absolute atomic E-state index is 0.143. The van der Waals surface area contributed by atoms with Crippen LogP contribution in [0.5, 0.6) is 0 Å². The molecule has 0 radical (unpaired) electrons. The normalized spacial score (nSPS) is 11.5. The van der Waals surface area contributed by atoms with Gasteiger partial charge in [0.2, 0.25) is 0 Å². The Kier molecular flexibility index (Phi) is 9.24. The maximum Gasteiger partial charge on any atom is 0.333 e. The second-order valence-electron chi connectivity index (χ2n) is 3.65. The zero-order valence-electron chi connectivity index (χ0n) is 10.3. The summed E-state index contributed by atoms with van der Waals surface area (Å²) < 4.78 is 4.97. The lowest BCUT2D eigenvalue weighted by Gasteiger charge is -2.04. The Bertz CT molecular complexity index is 195. The zero-order chi connectivity index (χ0) is 11.5. The van der Waals surface area contributed by atoms with E-state index < -0.39 is 0 Å². The second kappa shape index (κ2) is 9.75. The molecule has 15 heavy (non-hydrogen) atoms. The van der Waals surface area contributed by atoms with Crippen molar-refractivity contribution >= 4 is 5.97 Å². The average molecular weight is 212 g/mol. The number of unbranched alkanes of at least 4 members (excludes halogenated alkanes) is 4. The largest absolute Gasteiger partial charge is 0.463 e. The van der Waals surface area contributed by atoms with Gasteiger partial charge in [-0.3, -0.25) is 0 Å². The zero-order valence-corrected chi connectivity index (χ0v) is 10.3. The highest BCUT2D eigenvalue weighted by atomic mass is 16.5. The highest BCUT2D eigenvalue weighted by Gasteiger charge is 2.06. The fraction of sp³-hybridized carbons (Fsp3) is 0.769. The van der Waals surface area contributed by atoms with Crippen LogP contribution < -0.4 is 0 Å². The van der Waals surface area contributed by atoms with Crippen LogP contribution in [0.15, 0.2) is 11.6 Å². The summed E-state index contributed by atoms with van der Waals surface area (Å²) >= 11 is 0. The van der Waals surface area contributed by atoms with Gasteiger partial charge in [0.1, 0.15) is 0 Å². The Balaban J connectivity index is 3.83. The predicted molar refractivity (Wildman–Crippen MR) is 63.8 cm³/mol. The van der Waals surface area contributed by atoms with Gasteiger partial charge in [0.05, 0.1) is 6.61 Å². The molecule has 88 valence electrons. The molecule has 0 heterocycles. The Labute approximate surface area is 93.7 Å². The summed E-state index contributed by atoms with van der Waals surface area (Å²) in [7, 11) is 0. The number of carbonyl (C=O) groups excluding carboxylic acids is 1. The van der Waals surface area contributed by atoms with Crippen LogP contribution in [-0.4, -0.2) is 12.6 Å². The molecule has 0 amide bonds. The molecule has 0 rings (SSSR count). The van der Waals surface area contributed by atoms with Gasteiger partial charge in [0.25, 0.3) is 0 Å². The van der Waals surface area contributed by atoms with E-state index >= 15 is 0 Å². The van der Waals surface area contributed by atoms with E-state index in [2.05, 4.69) is 6.92 Å². The van der Waals surface area contributed by atoms with Gasteiger partial charge in [-0.1, -0.05) is 39.2 Å². The van der Waals surface area contributed by atoms with Crippen molar-refractivity contribution in [3.8, 4) is 0 Å². The van der Waals surface area contributed by atoms with E-state index in [9.17, 15) is 4.79 Å². The monoisotopic (exact) mass is 212 g/mol. The quantitative estimate of drug-likeness (QED) is 0.347. The third-order valence-corrected chi connectivity index (χ3v) is 2.37. The molecule has 0 aromatic rings. The number of ether oxygens (including phenoxy) is 1. The van der Waals surface area contributed by atoms with Crippen molar-refractivity contribution in [2.45, 2.75) is 59.3 Å². The van der Waals surface area contributed by atoms with E-state index in [1.807, 2.05) is 19.9 Å². The van der Waals surface area contributed by atoms with Crippen LogP contribution in [0.2, 0.25) is 0 Å². The molecule has 0 saturated heterocycles. The summed E-state index contributed by atoms with van der Waals surface area (Å²) in [5, 5.41) is 0. The molecular weight excluding hydrogens is 188 g/mol. The molecule has 0 saturated carbocycles. The first-order valence-electron chi connectivity index (χ1n) is 6.12. The minimum atomic E-state index is -0.143. The molecule has 0 bridgehead atoms. The second-order valence-corrected chi connectivity index (χ2v) is 3.65. The molecule has 0 fully saturated rings. The van der Waals surface area contributed by atoms with Crippen LogP contribution in [0.3, 0.4) is 0 Å². The van der Waals surface area contributed by atoms with Crippen LogP contribution >= 0.6 is 0 Å². The lowest BCUT2D eigenvalue weighted by Crippen LogP contribution is -2.06. The van der Waals surface area contributed by atoms with Crippen LogP contribution in [0.25, 0.3) is 0 Å². The molecule has 0 aromatic heterocycles. The summed E-state index contributed by atoms with van der Waals surface area (Å²) in [6, 6.07) is 0. The third kappa shape index (κ3) is 7.18. The summed E-state index contributed by atoms with van der Waals surface area (Å²) in [6.45, 7) is 6.50. The van der Waals surface area contributed by atoms with Gasteiger partial charge in [0, 0.05) is 5.57 Å². The van der Waals surface area contributed by atoms with Crippen LogP contribution in [0.4, 0.5) is 0 Å². The topological polar surface area (TPSA) is 26.3 Å². The summed E-state index contributed by atoms with van der Waals surface area (Å²) in [4.78, 5) is 11.4. The standard InChI is InChI=1S/C13H24O2/c1-4-7-8-9-10-11-12(5-2)13(14)15-6-3/h11H,4-10H2,1-3H3/b12-11-. The van der Waals surface area contributed by atoms with Gasteiger partial charge in [-0.15, -0.1) is 0 Å². The van der Waals surface area contributed by atoms with Gasteiger partial charge in [-0.25, -0.2) is 4.79 Å². The molecule has 2 nitrogen and oxygen atoms in total. The maximum atomic E-state index is 11.4. The van der Waals surface area contributed by atoms with Crippen molar-refractivity contribution in [1.29, 1.82) is 0 Å². The van der Waals surface area contributed by atoms with Crippen LogP contribution in [0.1, 0.15) is 59.3 Å². The van der Waals surface area contributed by atoms with E-state index in [4.69, 9.17) is 4.74 Å². The Hall–Kier alpha value is -0.790. The summed E-state index contributed by atoms with van der Waals surface area (Å²) in [5.41, 5.74) is 0.827. The number of carbonyl (C=O) groups is 1. The van der Waals surface area contributed by atoms with Crippen molar-refractivity contribution in [1.82, 2.24) is 0 Å². The van der Waals surface area contributed by atoms with Crippen LogP contribution in [0, 0.1) is 0 Å². The molecular formula is C13H24O2. The predicted octanol–water partition coefficient (Wildman–Crippen LogP) is 3.86. The van der Waals surface area contributed by atoms with Crippen molar-refractivity contribution in [3.05, 3.63) is 11.6 Å². The summed E-state index contributed by atoms with van der Waals surface area (Å²) in [5.74, 6) is -0.143. The molecule has 2 heteroatoms. The van der Waals surface area contributed by atoms with Crippen molar-refractivity contribution in [2.24, 2.45) is 0 Å². The van der Waals surface area contributed by atoms with E-state index in [0.717, 1.165) is 18.4 Å². The first-order chi connectivity index (χ1) is 7.26. The van der Waals surface area contributed by atoms with E-state index in [-0.39, 0.29) is 5.97 Å². The molecule has 0 aliphatic rings. The van der Waals surface area contributed by atoms with E-state index in [0.29, 0.717) is 6.61 Å². The van der Waals surface area contributed by atoms with Gasteiger partial charge in [-0.05, 0) is 26.2 Å². The van der Waals surface area contributed by atoms with Gasteiger partial charge in [-0.2, -0.15) is 0 Å². The molecule has 0 spiro atoms. The van der Waals surface area contributed by atoms with Crippen molar-refractivity contribution in [2.75, 3.05) is 6.61 Å². The number of allylic oxidation sites excluding steroid dienone is 1. The van der Waals surface area contributed by atoms with Crippen LogP contribution in [-0.2, 0) is 9.53 Å². The molecule has 0 N–H and O–H groups in total. The van der Waals surface area contributed by atoms with Gasteiger partial charge in [0.15, 0.2) is 0 Å². The Morgan fingerprint density at radius 3 is 2.40 bits per heavy atom. The number of hydrogen-bond acceptors (Lipinski definition) is 2. The fourth-order valence-corrected chi connectivity index (χ4v) is 1.44. The SMILES string of the molecule is CCCCCC/C=C(/CC)C(=O)OCC. The first-order valence-corrected chi connectivity index (χ1v) is 6.12. The molecule has 0 aliphatic carbocycles. The van der Waals surface area contributed by atoms with E-state index in [1.54, 1.807) is 0 Å². The van der Waals surface area contributed by atoms with Gasteiger partial charge >= 0.3 is 5.97 Å². The van der Waals surface area contributed by atoms with E-state index in [1.165, 1.54) is 25.7 Å². The lowest BCUT2D eigenvalue weighted by atomic mass is 10.1. The van der Waals surface area contributed by atoms with Gasteiger partial charge < -0.3 is 4.74 Å². The minimum Gasteiger partial charge on any atom is -0.463 e. The highest BCUT2D eigenvalue weighted by Crippen LogP contribution is 2.09. The molecule has 0 aliphatic heterocycles. The molecule has 0 aromatic carbocycles.